The Balaban J connectivity index is -0.000000183. The molecule has 674 valence electrons. The summed E-state index contributed by atoms with van der Waals surface area (Å²) in [5, 5.41) is 83.7. The van der Waals surface area contributed by atoms with Crippen LogP contribution >= 0.6 is 0 Å². The molecule has 2 rings (SSSR count). The molecule has 0 bridgehead atoms. The summed E-state index contributed by atoms with van der Waals surface area (Å²) in [6.45, 7) is 23.1. The summed E-state index contributed by atoms with van der Waals surface area (Å²) in [5.74, 6) is -4.26. The summed E-state index contributed by atoms with van der Waals surface area (Å²) in [6, 6.07) is 0. The molecule has 0 aliphatic heterocycles. The van der Waals surface area contributed by atoms with Crippen molar-refractivity contribution >= 4 is 59.7 Å². The second-order valence-electron chi connectivity index (χ2n) is 31.7. The molecule has 0 aromatic heterocycles. The molecule has 0 saturated heterocycles. The summed E-state index contributed by atoms with van der Waals surface area (Å²) in [6.07, 6.45) is 71.8. The molecule has 0 aromatic rings. The molecular formula is C93H182O20. The summed E-state index contributed by atoms with van der Waals surface area (Å²) in [4.78, 5) is 102. The van der Waals surface area contributed by atoms with Crippen molar-refractivity contribution in [3.05, 3.63) is 0 Å². The van der Waals surface area contributed by atoms with Gasteiger partial charge in [0.25, 0.3) is 0 Å². The van der Waals surface area contributed by atoms with Gasteiger partial charge in [0.1, 0.15) is 0 Å². The summed E-state index contributed by atoms with van der Waals surface area (Å²) < 4.78 is 0. The van der Waals surface area contributed by atoms with E-state index in [4.69, 9.17) is 51.1 Å². The van der Waals surface area contributed by atoms with Crippen LogP contribution in [-0.4, -0.2) is 111 Å². The minimum absolute atomic E-state index is 0.111. The fraction of sp³-hybridized carbons (Fsp3) is 0.892. The van der Waals surface area contributed by atoms with Crippen LogP contribution in [0.5, 0.6) is 0 Å². The lowest BCUT2D eigenvalue weighted by Gasteiger charge is -2.20. The van der Waals surface area contributed by atoms with Crippen LogP contribution in [0.1, 0.15) is 506 Å². The van der Waals surface area contributed by atoms with Gasteiger partial charge in [-0.05, 0) is 101 Å². The molecule has 0 amide bonds. The number of hydrogen-bond acceptors (Lipinski definition) is 10. The SMILES string of the molecule is CC(C)CCCCCCCCCCCCCCC(=O)O.CCC(CC)C(=O)O.CCCCC(CC)C(=O)O.CCCCCC(=O)O.CCCCCCC(=O)O.CCCCCCCC(=O)O.CCCCCCCCC(=O)O.CCCCCCCCCC(=O)O.O=C(O)CCCC1CCCCC1.O=C(O)CCCCC1CCCCC1. The Morgan fingerprint density at radius 2 is 0.416 bits per heavy atom. The Morgan fingerprint density at radius 1 is 0.221 bits per heavy atom. The number of carboxylic acid groups (broad SMARTS) is 10. The van der Waals surface area contributed by atoms with Crippen LogP contribution in [0.3, 0.4) is 0 Å². The standard InChI is InChI=1S/C18H36O2.C11H20O2.C10H18O2.C10H20O2.C9H18O2.2C8H16O2.C7H14O2.2C6H12O2/c1-17(2)15-13-11-9-7-5-3-4-6-8-10-12-14-16-18(19)20;12-11(13)9-5-4-8-10-6-2-1-3-7-10;11-10(12)8-4-7-9-5-2-1-3-6-9;1-2-3-4-5-6-7-8-9-10(11)12;1-2-3-4-5-6-7-8-9(10)11;1-3-5-6-7(4-2)8(9)10;1-2-3-4-5-6-7-8(9)10;1-2-3-4-5-6-7(8)9;1-3-5(4-2)6(7)8;1-2-3-4-5-6(7)8/h17H,3-16H2,1-2H3,(H,19,20);10H,1-9H2,(H,12,13);9H,1-8H2,(H,11,12);2-9H2,1H3,(H,11,12);2-8H2,1H3,(H,10,11);7H,3-6H2,1-2H3,(H,9,10);2-7H2,1H3,(H,9,10);2-6H2,1H3,(H,8,9);5H,3-4H2,1-2H3,(H,7,8);2-5H2,1H3,(H,7,8). The highest BCUT2D eigenvalue weighted by Crippen LogP contribution is 2.29. The zero-order chi connectivity index (χ0) is 87.0. The maximum atomic E-state index is 10.4. The van der Waals surface area contributed by atoms with E-state index in [1.165, 1.54) is 225 Å². The molecule has 0 radical (unpaired) electrons. The largest absolute Gasteiger partial charge is 0.481 e. The molecule has 20 heteroatoms. The van der Waals surface area contributed by atoms with Crippen molar-refractivity contribution in [1.82, 2.24) is 0 Å². The predicted molar refractivity (Wildman–Crippen MR) is 466 cm³/mol. The van der Waals surface area contributed by atoms with E-state index in [0.29, 0.717) is 51.4 Å². The topological polar surface area (TPSA) is 373 Å². The van der Waals surface area contributed by atoms with Gasteiger partial charge in [-0.3, -0.25) is 47.9 Å². The molecule has 1 atom stereocenters. The van der Waals surface area contributed by atoms with Gasteiger partial charge in [-0.2, -0.15) is 0 Å². The molecule has 2 aliphatic carbocycles. The highest BCUT2D eigenvalue weighted by Gasteiger charge is 2.16. The van der Waals surface area contributed by atoms with Crippen molar-refractivity contribution in [2.45, 2.75) is 506 Å². The van der Waals surface area contributed by atoms with Crippen LogP contribution in [-0.2, 0) is 47.9 Å². The van der Waals surface area contributed by atoms with Crippen molar-refractivity contribution in [3.8, 4) is 0 Å². The smallest absolute Gasteiger partial charge is 0.306 e. The van der Waals surface area contributed by atoms with E-state index in [9.17, 15) is 47.9 Å². The summed E-state index contributed by atoms with van der Waals surface area (Å²) in [5.41, 5.74) is 0. The van der Waals surface area contributed by atoms with Crippen molar-refractivity contribution < 1.29 is 99.0 Å². The van der Waals surface area contributed by atoms with Gasteiger partial charge in [-0.1, -0.05) is 372 Å². The average molecular weight is 1620 g/mol. The van der Waals surface area contributed by atoms with Crippen LogP contribution < -0.4 is 0 Å². The molecule has 10 N–H and O–H groups in total. The lowest BCUT2D eigenvalue weighted by Crippen LogP contribution is -2.11. The van der Waals surface area contributed by atoms with Crippen LogP contribution in [0.4, 0.5) is 0 Å². The molecule has 0 spiro atoms. The van der Waals surface area contributed by atoms with E-state index in [-0.39, 0.29) is 11.8 Å². The maximum absolute atomic E-state index is 10.4. The Labute approximate surface area is 691 Å². The van der Waals surface area contributed by atoms with E-state index in [1.54, 1.807) is 0 Å². The second-order valence-corrected chi connectivity index (χ2v) is 31.7. The second kappa shape index (κ2) is 105. The monoisotopic (exact) mass is 1620 g/mol. The molecule has 2 saturated carbocycles. The first-order chi connectivity index (χ1) is 54.0. The van der Waals surface area contributed by atoms with Crippen LogP contribution in [0.15, 0.2) is 0 Å². The molecule has 1 unspecified atom stereocenters. The first-order valence-corrected chi connectivity index (χ1v) is 46.2. The lowest BCUT2D eigenvalue weighted by molar-refractivity contribution is -0.143. The van der Waals surface area contributed by atoms with E-state index in [0.717, 1.165) is 172 Å². The number of unbranched alkanes of at least 4 members (excludes halogenated alkanes) is 33. The molecule has 113 heavy (non-hydrogen) atoms. The highest BCUT2D eigenvalue weighted by molar-refractivity contribution is 5.70. The Bertz CT molecular complexity index is 2050. The first-order valence-electron chi connectivity index (χ1n) is 46.2. The Morgan fingerprint density at radius 3 is 0.637 bits per heavy atom. The molecule has 0 aromatic carbocycles. The fourth-order valence-electron chi connectivity index (χ4n) is 12.8. The van der Waals surface area contributed by atoms with Gasteiger partial charge in [0.2, 0.25) is 0 Å². The fourth-order valence-corrected chi connectivity index (χ4v) is 12.8. The Hall–Kier alpha value is -5.30. The molecular weight excluding hydrogens is 1440 g/mol. The molecule has 2 aliphatic rings. The van der Waals surface area contributed by atoms with Crippen molar-refractivity contribution in [2.24, 2.45) is 29.6 Å². The van der Waals surface area contributed by atoms with Gasteiger partial charge in [0.05, 0.1) is 11.8 Å². The van der Waals surface area contributed by atoms with Crippen molar-refractivity contribution in [2.75, 3.05) is 0 Å². The average Bonchev–Trinajstić information content (AvgIpc) is 0.987. The normalized spacial score (nSPS) is 12.3. The number of hydrogen-bond donors (Lipinski definition) is 10. The third kappa shape index (κ3) is 133. The van der Waals surface area contributed by atoms with Crippen LogP contribution in [0.25, 0.3) is 0 Å². The quantitative estimate of drug-likeness (QED) is 0.0253. The van der Waals surface area contributed by atoms with E-state index >= 15 is 0 Å². The van der Waals surface area contributed by atoms with E-state index in [1.807, 2.05) is 20.8 Å². The summed E-state index contributed by atoms with van der Waals surface area (Å²) >= 11 is 0. The van der Waals surface area contributed by atoms with Crippen LogP contribution in [0.2, 0.25) is 0 Å². The maximum Gasteiger partial charge on any atom is 0.306 e. The Kier molecular flexibility index (Phi) is 114. The molecule has 0 heterocycles. The highest BCUT2D eigenvalue weighted by atomic mass is 16.4. The number of carbonyl (C=O) groups is 10. The minimum Gasteiger partial charge on any atom is -0.481 e. The zero-order valence-corrected chi connectivity index (χ0v) is 74.8. The number of carboxylic acids is 10. The number of rotatable bonds is 62. The van der Waals surface area contributed by atoms with Gasteiger partial charge < -0.3 is 51.1 Å². The van der Waals surface area contributed by atoms with E-state index in [2.05, 4.69) is 55.4 Å². The van der Waals surface area contributed by atoms with Gasteiger partial charge in [0, 0.05) is 51.4 Å². The lowest BCUT2D eigenvalue weighted by atomic mass is 9.86. The predicted octanol–water partition coefficient (Wildman–Crippen LogP) is 28.2. The molecule has 20 nitrogen and oxygen atoms in total. The van der Waals surface area contributed by atoms with Gasteiger partial charge in [0.15, 0.2) is 0 Å². The zero-order valence-electron chi connectivity index (χ0n) is 74.8. The van der Waals surface area contributed by atoms with Gasteiger partial charge in [-0.15, -0.1) is 0 Å². The minimum atomic E-state index is -0.682. The number of aliphatic carboxylic acids is 10. The van der Waals surface area contributed by atoms with Gasteiger partial charge in [-0.25, -0.2) is 0 Å². The summed E-state index contributed by atoms with van der Waals surface area (Å²) in [7, 11) is 0. The van der Waals surface area contributed by atoms with Crippen molar-refractivity contribution in [1.29, 1.82) is 0 Å². The third-order valence-corrected chi connectivity index (χ3v) is 20.2. The van der Waals surface area contributed by atoms with Crippen LogP contribution in [0, 0.1) is 29.6 Å². The molecule has 2 fully saturated rings. The van der Waals surface area contributed by atoms with Crippen molar-refractivity contribution in [3.63, 3.8) is 0 Å². The van der Waals surface area contributed by atoms with Gasteiger partial charge >= 0.3 is 59.7 Å². The third-order valence-electron chi connectivity index (χ3n) is 20.2. The van der Waals surface area contributed by atoms with E-state index < -0.39 is 59.7 Å². The first kappa shape index (κ1) is 123.